The molecule has 0 radical (unpaired) electrons. The molecule has 1 amide bonds. The Kier molecular flexibility index (Phi) is 6.84. The van der Waals surface area contributed by atoms with Crippen molar-refractivity contribution in [2.45, 2.75) is 25.8 Å². The molecule has 2 aromatic rings. The summed E-state index contributed by atoms with van der Waals surface area (Å²) in [6.45, 7) is 5.72. The Balaban J connectivity index is 1.69. The standard InChI is InChI=1S/C20H28N4O3/c1-3-4-16-13-18(23-22-16)20(25)21-14-19(24-9-11-27-12-10-24)15-5-7-17(26-2)8-6-15/h5-8,13,19H,3-4,9-12,14H2,1-2H3,(H,21,25)(H,22,23). The lowest BCUT2D eigenvalue weighted by Crippen LogP contribution is -2.43. The molecule has 0 saturated carbocycles. The molecule has 1 atom stereocenters. The molecular weight excluding hydrogens is 344 g/mol. The molecule has 1 aromatic heterocycles. The summed E-state index contributed by atoms with van der Waals surface area (Å²) in [5, 5.41) is 10.1. The molecular formula is C20H28N4O3. The first kappa shape index (κ1) is 19.4. The molecule has 7 nitrogen and oxygen atoms in total. The SMILES string of the molecule is CCCc1cc(C(=O)NCC(c2ccc(OC)cc2)N2CCOCC2)n[nH]1. The van der Waals surface area contributed by atoms with Crippen LogP contribution < -0.4 is 10.1 Å². The van der Waals surface area contributed by atoms with Gasteiger partial charge in [0.2, 0.25) is 0 Å². The van der Waals surface area contributed by atoms with E-state index < -0.39 is 0 Å². The van der Waals surface area contributed by atoms with Gasteiger partial charge < -0.3 is 14.8 Å². The monoisotopic (exact) mass is 372 g/mol. The second-order valence-corrected chi connectivity index (χ2v) is 6.68. The van der Waals surface area contributed by atoms with Gasteiger partial charge in [-0.3, -0.25) is 14.8 Å². The fourth-order valence-electron chi connectivity index (χ4n) is 3.33. The number of hydrogen-bond acceptors (Lipinski definition) is 5. The minimum absolute atomic E-state index is 0.0813. The predicted molar refractivity (Wildman–Crippen MR) is 103 cm³/mol. The van der Waals surface area contributed by atoms with Gasteiger partial charge in [-0.1, -0.05) is 25.5 Å². The van der Waals surface area contributed by atoms with Crippen molar-refractivity contribution in [1.29, 1.82) is 0 Å². The molecule has 2 N–H and O–H groups in total. The highest BCUT2D eigenvalue weighted by atomic mass is 16.5. The van der Waals surface area contributed by atoms with E-state index in [2.05, 4.69) is 39.5 Å². The average Bonchev–Trinajstić information content (AvgIpc) is 3.18. The Morgan fingerprint density at radius 1 is 1.33 bits per heavy atom. The van der Waals surface area contributed by atoms with E-state index in [9.17, 15) is 4.79 Å². The van der Waals surface area contributed by atoms with Crippen LogP contribution in [0.4, 0.5) is 0 Å². The highest BCUT2D eigenvalue weighted by Crippen LogP contribution is 2.23. The predicted octanol–water partition coefficient (Wildman–Crippen LogP) is 2.17. The summed E-state index contributed by atoms with van der Waals surface area (Å²) < 4.78 is 10.7. The number of methoxy groups -OCH3 is 1. The van der Waals surface area contributed by atoms with Gasteiger partial charge in [0.15, 0.2) is 0 Å². The Hall–Kier alpha value is -2.38. The maximum absolute atomic E-state index is 12.5. The Bertz CT molecular complexity index is 723. The molecule has 1 fully saturated rings. The van der Waals surface area contributed by atoms with Crippen molar-refractivity contribution in [3.63, 3.8) is 0 Å². The number of carbonyl (C=O) groups is 1. The summed E-state index contributed by atoms with van der Waals surface area (Å²) in [7, 11) is 1.66. The molecule has 1 saturated heterocycles. The lowest BCUT2D eigenvalue weighted by atomic mass is 10.0. The van der Waals surface area contributed by atoms with E-state index in [4.69, 9.17) is 9.47 Å². The van der Waals surface area contributed by atoms with Gasteiger partial charge in [0.05, 0.1) is 26.4 Å². The summed E-state index contributed by atoms with van der Waals surface area (Å²) >= 11 is 0. The van der Waals surface area contributed by atoms with Gasteiger partial charge in [0.1, 0.15) is 11.4 Å². The number of ether oxygens (including phenoxy) is 2. The topological polar surface area (TPSA) is 79.5 Å². The van der Waals surface area contributed by atoms with Gasteiger partial charge in [0, 0.05) is 25.3 Å². The van der Waals surface area contributed by atoms with Crippen molar-refractivity contribution in [3.05, 3.63) is 47.3 Å². The summed E-state index contributed by atoms with van der Waals surface area (Å²) in [5.74, 6) is 0.670. The Morgan fingerprint density at radius 2 is 2.07 bits per heavy atom. The third kappa shape index (κ3) is 5.08. The number of aromatic amines is 1. The highest BCUT2D eigenvalue weighted by molar-refractivity contribution is 5.92. The van der Waals surface area contributed by atoms with E-state index in [0.717, 1.165) is 42.9 Å². The van der Waals surface area contributed by atoms with Crippen LogP contribution in [0.5, 0.6) is 5.75 Å². The number of hydrogen-bond donors (Lipinski definition) is 2. The molecule has 0 spiro atoms. The first-order valence-electron chi connectivity index (χ1n) is 9.49. The molecule has 7 heteroatoms. The van der Waals surface area contributed by atoms with E-state index in [-0.39, 0.29) is 11.9 Å². The molecule has 146 valence electrons. The van der Waals surface area contributed by atoms with Crippen LogP contribution in [0.2, 0.25) is 0 Å². The van der Waals surface area contributed by atoms with Crippen molar-refractivity contribution in [2.75, 3.05) is 40.0 Å². The Morgan fingerprint density at radius 3 is 2.74 bits per heavy atom. The first-order valence-corrected chi connectivity index (χ1v) is 9.49. The molecule has 3 rings (SSSR count). The third-order valence-corrected chi connectivity index (χ3v) is 4.83. The zero-order valence-electron chi connectivity index (χ0n) is 16.0. The van der Waals surface area contributed by atoms with Gasteiger partial charge in [0.25, 0.3) is 5.91 Å². The van der Waals surface area contributed by atoms with E-state index in [1.807, 2.05) is 18.2 Å². The fraction of sp³-hybridized carbons (Fsp3) is 0.500. The fourth-order valence-corrected chi connectivity index (χ4v) is 3.33. The number of aryl methyl sites for hydroxylation is 1. The van der Waals surface area contributed by atoms with Crippen molar-refractivity contribution in [1.82, 2.24) is 20.4 Å². The number of rotatable bonds is 8. The van der Waals surface area contributed by atoms with Crippen LogP contribution in [-0.4, -0.2) is 61.0 Å². The molecule has 1 aliphatic rings. The Labute approximate surface area is 160 Å². The van der Waals surface area contributed by atoms with Crippen LogP contribution in [-0.2, 0) is 11.2 Å². The van der Waals surface area contributed by atoms with E-state index in [1.54, 1.807) is 7.11 Å². The van der Waals surface area contributed by atoms with Crippen LogP contribution in [0.1, 0.15) is 41.1 Å². The van der Waals surface area contributed by atoms with Gasteiger partial charge >= 0.3 is 0 Å². The maximum Gasteiger partial charge on any atom is 0.271 e. The molecule has 1 aliphatic heterocycles. The van der Waals surface area contributed by atoms with Crippen LogP contribution in [0.15, 0.2) is 30.3 Å². The number of nitrogens with zero attached hydrogens (tertiary/aromatic N) is 2. The quantitative estimate of drug-likeness (QED) is 0.742. The zero-order valence-corrected chi connectivity index (χ0v) is 16.0. The molecule has 0 bridgehead atoms. The van der Waals surface area contributed by atoms with Crippen molar-refractivity contribution in [3.8, 4) is 5.75 Å². The van der Waals surface area contributed by atoms with Gasteiger partial charge in [-0.2, -0.15) is 5.10 Å². The van der Waals surface area contributed by atoms with Crippen molar-refractivity contribution < 1.29 is 14.3 Å². The lowest BCUT2D eigenvalue weighted by Gasteiger charge is -2.35. The normalized spacial score (nSPS) is 16.1. The van der Waals surface area contributed by atoms with E-state index in [1.165, 1.54) is 0 Å². The van der Waals surface area contributed by atoms with E-state index >= 15 is 0 Å². The molecule has 27 heavy (non-hydrogen) atoms. The number of nitrogens with one attached hydrogen (secondary N) is 2. The molecule has 1 aromatic carbocycles. The summed E-state index contributed by atoms with van der Waals surface area (Å²) in [5.41, 5.74) is 2.57. The summed E-state index contributed by atoms with van der Waals surface area (Å²) in [4.78, 5) is 14.9. The highest BCUT2D eigenvalue weighted by Gasteiger charge is 2.24. The van der Waals surface area contributed by atoms with Crippen molar-refractivity contribution in [2.24, 2.45) is 0 Å². The van der Waals surface area contributed by atoms with E-state index in [0.29, 0.717) is 25.5 Å². The number of amides is 1. The molecule has 1 unspecified atom stereocenters. The minimum Gasteiger partial charge on any atom is -0.497 e. The average molecular weight is 372 g/mol. The number of carbonyl (C=O) groups excluding carboxylic acids is 1. The van der Waals surface area contributed by atoms with Gasteiger partial charge in [-0.05, 0) is 30.2 Å². The number of H-pyrrole nitrogens is 1. The van der Waals surface area contributed by atoms with Gasteiger partial charge in [-0.25, -0.2) is 0 Å². The molecule has 0 aliphatic carbocycles. The second kappa shape index (κ2) is 9.53. The summed E-state index contributed by atoms with van der Waals surface area (Å²) in [6, 6.07) is 9.93. The smallest absolute Gasteiger partial charge is 0.271 e. The second-order valence-electron chi connectivity index (χ2n) is 6.68. The number of aromatic nitrogens is 2. The van der Waals surface area contributed by atoms with Crippen LogP contribution in [0.25, 0.3) is 0 Å². The van der Waals surface area contributed by atoms with Gasteiger partial charge in [-0.15, -0.1) is 0 Å². The van der Waals surface area contributed by atoms with Crippen LogP contribution in [0, 0.1) is 0 Å². The van der Waals surface area contributed by atoms with Crippen molar-refractivity contribution >= 4 is 5.91 Å². The molecule has 2 heterocycles. The lowest BCUT2D eigenvalue weighted by molar-refractivity contribution is 0.0162. The first-order chi connectivity index (χ1) is 13.2. The maximum atomic E-state index is 12.5. The largest absolute Gasteiger partial charge is 0.497 e. The zero-order chi connectivity index (χ0) is 19.1. The number of benzene rings is 1. The van der Waals surface area contributed by atoms with Crippen LogP contribution >= 0.6 is 0 Å². The minimum atomic E-state index is -0.152. The summed E-state index contributed by atoms with van der Waals surface area (Å²) in [6.07, 6.45) is 1.91. The van der Waals surface area contributed by atoms with Crippen LogP contribution in [0.3, 0.4) is 0 Å². The third-order valence-electron chi connectivity index (χ3n) is 4.83. The number of morpholine rings is 1.